The number of nitro groups is 1. The molecule has 0 unspecified atom stereocenters. The molecular formula is C11H20N7O4S-. The predicted molar refractivity (Wildman–Crippen MR) is 82.5 cm³/mol. The first-order chi connectivity index (χ1) is 11.1. The van der Waals surface area contributed by atoms with E-state index in [9.17, 15) is 14.3 Å². The van der Waals surface area contributed by atoms with Crippen molar-refractivity contribution in [2.24, 2.45) is 10.3 Å². The van der Waals surface area contributed by atoms with Crippen molar-refractivity contribution < 1.29 is 13.4 Å². The normalized spacial score (nSPS) is 17.4. The zero-order chi connectivity index (χ0) is 16.7. The third kappa shape index (κ3) is 5.51. The molecule has 23 heavy (non-hydrogen) atoms. The molecule has 0 bridgehead atoms. The predicted octanol–water partition coefficient (Wildman–Crippen LogP) is -0.808. The summed E-state index contributed by atoms with van der Waals surface area (Å²) in [7, 11) is -1.89. The van der Waals surface area contributed by atoms with Gasteiger partial charge in [0.2, 0.25) is 0 Å². The molecule has 0 saturated carbocycles. The molecule has 0 amide bonds. The number of hydrogen-bond acceptors (Lipinski definition) is 10. The Morgan fingerprint density at radius 2 is 2.22 bits per heavy atom. The van der Waals surface area contributed by atoms with Gasteiger partial charge in [-0.1, -0.05) is 4.98 Å². The van der Waals surface area contributed by atoms with Gasteiger partial charge in [0.25, 0.3) is 0 Å². The first-order valence-electron chi connectivity index (χ1n) is 7.20. The van der Waals surface area contributed by atoms with Crippen LogP contribution in [0.3, 0.4) is 0 Å². The summed E-state index contributed by atoms with van der Waals surface area (Å²) in [5.74, 6) is 4.53. The lowest BCUT2D eigenvalue weighted by Gasteiger charge is -2.26. The highest BCUT2D eigenvalue weighted by atomic mass is 32.2. The molecule has 3 N–H and O–H groups in total. The smallest absolute Gasteiger partial charge is 0.416 e. The standard InChI is InChI=1S/C11H20N7O4S/c12-22-23(21)14-2-1-10-9-17(11(15-10)18(19)20)8-7-16-5-3-13-4-6-16/h9,13H,1-8,12H2/q-1. The van der Waals surface area contributed by atoms with Gasteiger partial charge in [0, 0.05) is 45.7 Å². The first-order valence-corrected chi connectivity index (χ1v) is 8.23. The van der Waals surface area contributed by atoms with Crippen LogP contribution in [0.4, 0.5) is 5.95 Å². The molecule has 2 heterocycles. The summed E-state index contributed by atoms with van der Waals surface area (Å²) in [4.78, 5) is 16.8. The number of rotatable bonds is 8. The van der Waals surface area contributed by atoms with Gasteiger partial charge in [-0.2, -0.15) is 0 Å². The van der Waals surface area contributed by atoms with Crippen LogP contribution in [0.5, 0.6) is 0 Å². The highest BCUT2D eigenvalue weighted by molar-refractivity contribution is 7.69. The van der Waals surface area contributed by atoms with E-state index in [1.807, 2.05) is 0 Å². The van der Waals surface area contributed by atoms with E-state index < -0.39 is 15.8 Å². The minimum atomic E-state index is -1.89. The summed E-state index contributed by atoms with van der Waals surface area (Å²) in [6, 6.07) is 0. The molecule has 1 saturated heterocycles. The fourth-order valence-corrected chi connectivity index (χ4v) is 2.64. The molecule has 1 aliphatic heterocycles. The number of nitrogens with two attached hydrogens (primary N) is 1. The molecule has 2 rings (SSSR count). The molecule has 12 heteroatoms. The number of nitrogens with one attached hydrogen (secondary N) is 1. The number of aromatic nitrogens is 2. The van der Waals surface area contributed by atoms with Crippen LogP contribution in [0.2, 0.25) is 0 Å². The fraction of sp³-hybridized carbons (Fsp3) is 0.727. The van der Waals surface area contributed by atoms with Crippen molar-refractivity contribution in [2.45, 2.75) is 13.0 Å². The summed E-state index contributed by atoms with van der Waals surface area (Å²) in [5, 5.41) is 14.4. The lowest BCUT2D eigenvalue weighted by molar-refractivity contribution is -0.396. The molecule has 0 spiro atoms. The molecule has 0 aliphatic carbocycles. The van der Waals surface area contributed by atoms with E-state index in [0.29, 0.717) is 18.7 Å². The Bertz CT molecular complexity index is 608. The first kappa shape index (κ1) is 17.7. The van der Waals surface area contributed by atoms with E-state index in [1.165, 1.54) is 4.57 Å². The van der Waals surface area contributed by atoms with Crippen molar-refractivity contribution in [2.75, 3.05) is 39.3 Å². The maximum absolute atomic E-state index is 11.1. The Labute approximate surface area is 135 Å². The summed E-state index contributed by atoms with van der Waals surface area (Å²) in [6.07, 6.45) is 1.97. The molecule has 0 aromatic carbocycles. The quantitative estimate of drug-likeness (QED) is 0.354. The Hall–Kier alpha value is -1.60. The van der Waals surface area contributed by atoms with Crippen molar-refractivity contribution in [1.29, 1.82) is 0 Å². The maximum atomic E-state index is 11.1. The highest BCUT2D eigenvalue weighted by Gasteiger charge is 2.20. The summed E-state index contributed by atoms with van der Waals surface area (Å²) < 4.78 is 20.1. The third-order valence-electron chi connectivity index (χ3n) is 3.48. The van der Waals surface area contributed by atoms with E-state index in [0.717, 1.165) is 32.7 Å². The van der Waals surface area contributed by atoms with E-state index in [1.54, 1.807) is 6.20 Å². The molecular weight excluding hydrogens is 326 g/mol. The zero-order valence-corrected chi connectivity index (χ0v) is 13.4. The van der Waals surface area contributed by atoms with Crippen LogP contribution >= 0.6 is 0 Å². The number of nitrogens with zero attached hydrogens (tertiary/aromatic N) is 5. The van der Waals surface area contributed by atoms with Gasteiger partial charge >= 0.3 is 5.95 Å². The van der Waals surface area contributed by atoms with Crippen LogP contribution in [-0.2, 0) is 32.3 Å². The van der Waals surface area contributed by atoms with E-state index in [4.69, 9.17) is 5.90 Å². The summed E-state index contributed by atoms with van der Waals surface area (Å²) in [5.41, 5.74) is 0.523. The van der Waals surface area contributed by atoms with Gasteiger partial charge in [-0.3, -0.25) is 4.90 Å². The van der Waals surface area contributed by atoms with Gasteiger partial charge in [-0.05, 0) is 15.8 Å². The topological polar surface area (TPSA) is 141 Å². The van der Waals surface area contributed by atoms with Crippen LogP contribution in [0.25, 0.3) is 0 Å². The lowest BCUT2D eigenvalue weighted by Crippen LogP contribution is -2.44. The van der Waals surface area contributed by atoms with Crippen LogP contribution in [0.15, 0.2) is 10.6 Å². The third-order valence-corrected chi connectivity index (χ3v) is 4.04. The fourth-order valence-electron chi connectivity index (χ4n) is 2.34. The largest absolute Gasteiger partial charge is 0.434 e. The second-order valence-corrected chi connectivity index (χ2v) is 5.88. The lowest BCUT2D eigenvalue weighted by atomic mass is 10.3. The van der Waals surface area contributed by atoms with Crippen molar-refractivity contribution in [3.8, 4) is 0 Å². The maximum Gasteiger partial charge on any atom is 0.434 e. The summed E-state index contributed by atoms with van der Waals surface area (Å²) in [6.45, 7) is 5.11. The monoisotopic (exact) mass is 346 g/mol. The van der Waals surface area contributed by atoms with Gasteiger partial charge in [0.15, 0.2) is 5.69 Å². The van der Waals surface area contributed by atoms with E-state index in [-0.39, 0.29) is 12.5 Å². The van der Waals surface area contributed by atoms with Crippen molar-refractivity contribution in [3.63, 3.8) is 0 Å². The molecule has 0 atom stereocenters. The van der Waals surface area contributed by atoms with E-state index in [2.05, 4.69) is 23.8 Å². The van der Waals surface area contributed by atoms with Crippen LogP contribution < -0.4 is 11.2 Å². The Morgan fingerprint density at radius 3 is 2.87 bits per heavy atom. The van der Waals surface area contributed by atoms with Gasteiger partial charge in [-0.25, -0.2) is 10.5 Å². The number of hydrogen-bond donors (Lipinski definition) is 2. The Morgan fingerprint density at radius 1 is 1.48 bits per heavy atom. The number of piperazine rings is 1. The zero-order valence-electron chi connectivity index (χ0n) is 12.6. The molecule has 1 fully saturated rings. The SMILES string of the molecule is NO[S-](=O)=NCCc1cn(CCN2CCNCC2)c([N+](=O)[O-])n1. The Balaban J connectivity index is 1.97. The van der Waals surface area contributed by atoms with Gasteiger partial charge in [-0.15, -0.1) is 0 Å². The van der Waals surface area contributed by atoms with Crippen LogP contribution in [0, 0.1) is 10.1 Å². The van der Waals surface area contributed by atoms with Gasteiger partial charge < -0.3 is 28.3 Å². The average molecular weight is 346 g/mol. The minimum absolute atomic E-state index is 0.162. The second-order valence-electron chi connectivity index (χ2n) is 4.99. The molecule has 130 valence electrons. The number of imidazole rings is 1. The second kappa shape index (κ2) is 8.88. The minimum Gasteiger partial charge on any atom is -0.416 e. The molecule has 0 radical (unpaired) electrons. The molecule has 11 nitrogen and oxygen atoms in total. The Kier molecular flexibility index (Phi) is 6.85. The van der Waals surface area contributed by atoms with Crippen LogP contribution in [0.1, 0.15) is 5.69 Å². The highest BCUT2D eigenvalue weighted by Crippen LogP contribution is 2.13. The average Bonchev–Trinajstić information content (AvgIpc) is 2.97. The molecule has 1 aliphatic rings. The van der Waals surface area contributed by atoms with Crippen molar-refractivity contribution >= 4 is 16.8 Å². The van der Waals surface area contributed by atoms with Crippen molar-refractivity contribution in [1.82, 2.24) is 19.8 Å². The summed E-state index contributed by atoms with van der Waals surface area (Å²) >= 11 is 0. The van der Waals surface area contributed by atoms with Gasteiger partial charge in [0.05, 0.1) is 6.54 Å². The molecule has 1 aromatic rings. The van der Waals surface area contributed by atoms with Crippen molar-refractivity contribution in [3.05, 3.63) is 22.0 Å². The van der Waals surface area contributed by atoms with Crippen LogP contribution in [-0.4, -0.2) is 58.6 Å². The molecule has 1 aromatic heterocycles. The van der Waals surface area contributed by atoms with Gasteiger partial charge in [0.1, 0.15) is 6.20 Å². The van der Waals surface area contributed by atoms with E-state index >= 15 is 0 Å².